The van der Waals surface area contributed by atoms with Crippen LogP contribution in [0.15, 0.2) is 41.5 Å². The molecule has 0 heterocycles. The van der Waals surface area contributed by atoms with Crippen LogP contribution in [0.5, 0.6) is 5.75 Å². The fourth-order valence-electron chi connectivity index (χ4n) is 2.22. The highest BCUT2D eigenvalue weighted by Crippen LogP contribution is 2.29. The molecule has 31 heavy (non-hydrogen) atoms. The molecule has 3 N–H and O–H groups in total. The minimum absolute atomic E-state index is 0.192. The summed E-state index contributed by atoms with van der Waals surface area (Å²) in [4.78, 5) is 35.5. The Bertz CT molecular complexity index is 1010. The molecule has 0 saturated carbocycles. The summed E-state index contributed by atoms with van der Waals surface area (Å²) in [5.74, 6) is -1.93. The van der Waals surface area contributed by atoms with Crippen LogP contribution in [0.4, 0.5) is 5.69 Å². The molecule has 0 aliphatic heterocycles. The second-order valence-electron chi connectivity index (χ2n) is 6.45. The van der Waals surface area contributed by atoms with E-state index in [1.165, 1.54) is 18.3 Å². The highest BCUT2D eigenvalue weighted by Gasteiger charge is 2.14. The van der Waals surface area contributed by atoms with Crippen molar-refractivity contribution < 1.29 is 19.1 Å². The van der Waals surface area contributed by atoms with Gasteiger partial charge in [-0.2, -0.15) is 5.10 Å². The summed E-state index contributed by atoms with van der Waals surface area (Å²) in [7, 11) is 0. The Kier molecular flexibility index (Phi) is 9.11. The zero-order valence-electron chi connectivity index (χ0n) is 16.5. The Morgan fingerprint density at radius 1 is 1.10 bits per heavy atom. The summed E-state index contributed by atoms with van der Waals surface area (Å²) < 4.78 is 5.52. The number of amides is 3. The molecule has 2 aromatic carbocycles. The van der Waals surface area contributed by atoms with Gasteiger partial charge < -0.3 is 15.4 Å². The summed E-state index contributed by atoms with van der Waals surface area (Å²) in [6.07, 6.45) is 1.24. The van der Waals surface area contributed by atoms with Gasteiger partial charge in [-0.3, -0.25) is 14.4 Å². The molecule has 0 fully saturated rings. The summed E-state index contributed by atoms with van der Waals surface area (Å²) in [6, 6.07) is 9.28. The fourth-order valence-corrected chi connectivity index (χ4v) is 2.75. The number of benzene rings is 2. The van der Waals surface area contributed by atoms with Crippen molar-refractivity contribution in [1.82, 2.24) is 10.7 Å². The number of hydrazone groups is 1. The van der Waals surface area contributed by atoms with Crippen LogP contribution < -0.4 is 20.8 Å². The molecule has 2 aromatic rings. The topological polar surface area (TPSA) is 109 Å². The molecule has 164 valence electrons. The molecule has 0 atom stereocenters. The summed E-state index contributed by atoms with van der Waals surface area (Å²) >= 11 is 18.0. The van der Waals surface area contributed by atoms with Crippen molar-refractivity contribution in [2.45, 2.75) is 19.9 Å². The lowest BCUT2D eigenvalue weighted by atomic mass is 10.2. The third-order valence-corrected chi connectivity index (χ3v) is 4.61. The van der Waals surface area contributed by atoms with Gasteiger partial charge in [0.15, 0.2) is 6.61 Å². The molecule has 0 radical (unpaired) electrons. The predicted octanol–water partition coefficient (Wildman–Crippen LogP) is 3.64. The number of nitrogens with zero attached hydrogens (tertiary/aromatic N) is 1. The highest BCUT2D eigenvalue weighted by molar-refractivity contribution is 6.44. The summed E-state index contributed by atoms with van der Waals surface area (Å²) in [5.41, 5.74) is 2.84. The molecule has 0 spiro atoms. The Labute approximate surface area is 193 Å². The highest BCUT2D eigenvalue weighted by atomic mass is 35.5. The van der Waals surface area contributed by atoms with Gasteiger partial charge in [0.25, 0.3) is 5.91 Å². The molecule has 0 aliphatic rings. The van der Waals surface area contributed by atoms with Crippen molar-refractivity contribution >= 4 is 64.4 Å². The molecule has 11 heteroatoms. The van der Waals surface area contributed by atoms with Crippen LogP contribution >= 0.6 is 34.8 Å². The van der Waals surface area contributed by atoms with E-state index in [-0.39, 0.29) is 23.4 Å². The van der Waals surface area contributed by atoms with Crippen molar-refractivity contribution in [2.75, 3.05) is 11.9 Å². The van der Waals surface area contributed by atoms with Crippen LogP contribution in [0.1, 0.15) is 19.4 Å². The van der Waals surface area contributed by atoms with E-state index in [1.54, 1.807) is 38.1 Å². The maximum atomic E-state index is 12.2. The molecular formula is C20H19Cl3N4O4. The van der Waals surface area contributed by atoms with E-state index >= 15 is 0 Å². The van der Waals surface area contributed by atoms with E-state index in [0.717, 1.165) is 0 Å². The molecule has 0 aromatic heterocycles. The monoisotopic (exact) mass is 484 g/mol. The van der Waals surface area contributed by atoms with Gasteiger partial charge >= 0.3 is 11.8 Å². The Morgan fingerprint density at radius 2 is 1.84 bits per heavy atom. The Hall–Kier alpha value is -2.81. The number of carbonyl (C=O) groups is 3. The molecule has 2 rings (SSSR count). The standard InChI is InChI=1S/C20H19Cl3N4O4/c1-11(2)25-19(29)20(30)27-24-9-12-8-13(21)6-7-16(12)31-10-17(28)26-15-5-3-4-14(22)18(15)23/h3-9,11H,10H2,1-2H3,(H,25,29)(H,26,28)(H,27,30)/b24-9-. The Morgan fingerprint density at radius 3 is 2.55 bits per heavy atom. The second-order valence-corrected chi connectivity index (χ2v) is 7.67. The first-order valence-electron chi connectivity index (χ1n) is 8.97. The van der Waals surface area contributed by atoms with Crippen molar-refractivity contribution in [3.63, 3.8) is 0 Å². The second kappa shape index (κ2) is 11.5. The van der Waals surface area contributed by atoms with Gasteiger partial charge in [-0.15, -0.1) is 0 Å². The lowest BCUT2D eigenvalue weighted by molar-refractivity contribution is -0.139. The van der Waals surface area contributed by atoms with Crippen molar-refractivity contribution in [2.24, 2.45) is 5.10 Å². The SMILES string of the molecule is CC(C)NC(=O)C(=O)N/N=C\c1cc(Cl)ccc1OCC(=O)Nc1cccc(Cl)c1Cl. The van der Waals surface area contributed by atoms with E-state index in [4.69, 9.17) is 39.5 Å². The van der Waals surface area contributed by atoms with E-state index in [2.05, 4.69) is 21.2 Å². The van der Waals surface area contributed by atoms with Crippen molar-refractivity contribution in [3.05, 3.63) is 57.0 Å². The lowest BCUT2D eigenvalue weighted by Gasteiger charge is -2.11. The minimum Gasteiger partial charge on any atom is -0.483 e. The molecule has 0 aliphatic carbocycles. The average molecular weight is 486 g/mol. The molecule has 0 bridgehead atoms. The van der Waals surface area contributed by atoms with Gasteiger partial charge in [0.1, 0.15) is 5.75 Å². The van der Waals surface area contributed by atoms with Crippen LogP contribution in [0, 0.1) is 0 Å². The van der Waals surface area contributed by atoms with E-state index in [1.807, 2.05) is 0 Å². The van der Waals surface area contributed by atoms with Crippen molar-refractivity contribution in [3.8, 4) is 5.75 Å². The average Bonchev–Trinajstić information content (AvgIpc) is 2.70. The largest absolute Gasteiger partial charge is 0.483 e. The van der Waals surface area contributed by atoms with Crippen LogP contribution in [0.25, 0.3) is 0 Å². The van der Waals surface area contributed by atoms with Gasteiger partial charge in [-0.05, 0) is 44.2 Å². The maximum Gasteiger partial charge on any atom is 0.329 e. The zero-order valence-corrected chi connectivity index (χ0v) is 18.8. The number of ether oxygens (including phenoxy) is 1. The first kappa shape index (κ1) is 24.5. The number of carbonyl (C=O) groups excluding carboxylic acids is 3. The van der Waals surface area contributed by atoms with Gasteiger partial charge in [0.2, 0.25) is 0 Å². The van der Waals surface area contributed by atoms with Gasteiger partial charge in [0.05, 0.1) is 21.9 Å². The number of hydrogen-bond acceptors (Lipinski definition) is 5. The number of anilines is 1. The first-order valence-corrected chi connectivity index (χ1v) is 10.1. The van der Waals surface area contributed by atoms with Crippen LogP contribution in [-0.2, 0) is 14.4 Å². The summed E-state index contributed by atoms with van der Waals surface area (Å²) in [6.45, 7) is 3.11. The quantitative estimate of drug-likeness (QED) is 0.316. The third-order valence-electron chi connectivity index (χ3n) is 3.55. The van der Waals surface area contributed by atoms with Crippen LogP contribution in [-0.4, -0.2) is 36.6 Å². The Balaban J connectivity index is 2.01. The van der Waals surface area contributed by atoms with E-state index in [9.17, 15) is 14.4 Å². The first-order chi connectivity index (χ1) is 14.7. The maximum absolute atomic E-state index is 12.2. The van der Waals surface area contributed by atoms with Gasteiger partial charge in [0, 0.05) is 16.6 Å². The number of halogens is 3. The third kappa shape index (κ3) is 7.75. The molecule has 3 amide bonds. The normalized spacial score (nSPS) is 10.8. The predicted molar refractivity (Wildman–Crippen MR) is 121 cm³/mol. The smallest absolute Gasteiger partial charge is 0.329 e. The van der Waals surface area contributed by atoms with E-state index in [0.29, 0.717) is 21.3 Å². The molecule has 0 unspecified atom stereocenters. The molecule has 8 nitrogen and oxygen atoms in total. The molecule has 0 saturated heterocycles. The number of rotatable bonds is 7. The number of nitrogens with one attached hydrogen (secondary N) is 3. The van der Waals surface area contributed by atoms with Gasteiger partial charge in [-0.25, -0.2) is 5.43 Å². The summed E-state index contributed by atoms with van der Waals surface area (Å²) in [5, 5.41) is 9.67. The van der Waals surface area contributed by atoms with Crippen LogP contribution in [0.2, 0.25) is 15.1 Å². The lowest BCUT2D eigenvalue weighted by Crippen LogP contribution is -2.41. The van der Waals surface area contributed by atoms with Crippen LogP contribution in [0.3, 0.4) is 0 Å². The zero-order chi connectivity index (χ0) is 23.0. The van der Waals surface area contributed by atoms with Crippen molar-refractivity contribution in [1.29, 1.82) is 0 Å². The number of hydrogen-bond donors (Lipinski definition) is 3. The fraction of sp³-hybridized carbons (Fsp3) is 0.200. The molecular weight excluding hydrogens is 467 g/mol. The van der Waals surface area contributed by atoms with E-state index < -0.39 is 17.7 Å². The van der Waals surface area contributed by atoms with Gasteiger partial charge in [-0.1, -0.05) is 40.9 Å². The minimum atomic E-state index is -0.924.